The molecule has 1 aliphatic rings. The minimum Gasteiger partial charge on any atom is -0.299 e. The highest BCUT2D eigenvalue weighted by molar-refractivity contribution is 7.92. The summed E-state index contributed by atoms with van der Waals surface area (Å²) in [7, 11) is -3.79. The van der Waals surface area contributed by atoms with E-state index in [0.717, 1.165) is 12.1 Å². The van der Waals surface area contributed by atoms with Crippen molar-refractivity contribution in [1.82, 2.24) is 0 Å². The van der Waals surface area contributed by atoms with E-state index in [1.807, 2.05) is 0 Å². The molecule has 0 N–H and O–H groups in total. The standard InChI is InChI=1S/C12H12F2O3S/c1-7-11(15)4-5-12(7)18(16,17)8-2-3-9(13)10(14)6-8/h2-3,6-7,12H,4-5H2,1H3. The van der Waals surface area contributed by atoms with Crippen LogP contribution in [-0.2, 0) is 14.6 Å². The molecule has 0 aromatic heterocycles. The fourth-order valence-corrected chi connectivity index (χ4v) is 4.21. The van der Waals surface area contributed by atoms with Crippen LogP contribution in [0.4, 0.5) is 8.78 Å². The van der Waals surface area contributed by atoms with Crippen molar-refractivity contribution in [2.24, 2.45) is 5.92 Å². The molecule has 1 saturated carbocycles. The zero-order valence-corrected chi connectivity index (χ0v) is 10.5. The summed E-state index contributed by atoms with van der Waals surface area (Å²) in [5.41, 5.74) is 0. The Hall–Kier alpha value is -1.30. The smallest absolute Gasteiger partial charge is 0.182 e. The Morgan fingerprint density at radius 3 is 2.39 bits per heavy atom. The van der Waals surface area contributed by atoms with Crippen LogP contribution >= 0.6 is 0 Å². The fraction of sp³-hybridized carbons (Fsp3) is 0.417. The summed E-state index contributed by atoms with van der Waals surface area (Å²) in [6.45, 7) is 1.55. The first-order valence-electron chi connectivity index (χ1n) is 5.55. The topological polar surface area (TPSA) is 51.2 Å². The molecule has 1 fully saturated rings. The maximum absolute atomic E-state index is 13.1. The quantitative estimate of drug-likeness (QED) is 0.776. The number of halogens is 2. The van der Waals surface area contributed by atoms with Crippen LogP contribution in [0.3, 0.4) is 0 Å². The van der Waals surface area contributed by atoms with Crippen LogP contribution in [0.15, 0.2) is 23.1 Å². The van der Waals surface area contributed by atoms with Crippen molar-refractivity contribution in [1.29, 1.82) is 0 Å². The van der Waals surface area contributed by atoms with E-state index < -0.39 is 32.6 Å². The number of rotatable bonds is 2. The number of Topliss-reactive ketones (excluding diaryl/α,β-unsaturated/α-hetero) is 1. The van der Waals surface area contributed by atoms with Crippen molar-refractivity contribution < 1.29 is 22.0 Å². The highest BCUT2D eigenvalue weighted by Crippen LogP contribution is 2.32. The third-order valence-corrected chi connectivity index (χ3v) is 5.71. The van der Waals surface area contributed by atoms with Crippen LogP contribution in [0.5, 0.6) is 0 Å². The second-order valence-electron chi connectivity index (χ2n) is 4.45. The Labute approximate surface area is 104 Å². The van der Waals surface area contributed by atoms with Gasteiger partial charge in [0.2, 0.25) is 0 Å². The zero-order chi connectivity index (χ0) is 13.5. The van der Waals surface area contributed by atoms with E-state index in [-0.39, 0.29) is 23.5 Å². The molecule has 0 aliphatic heterocycles. The van der Waals surface area contributed by atoms with Gasteiger partial charge in [-0.05, 0) is 24.6 Å². The number of carbonyl (C=O) groups excluding carboxylic acids is 1. The van der Waals surface area contributed by atoms with Crippen molar-refractivity contribution in [3.8, 4) is 0 Å². The second kappa shape index (κ2) is 4.42. The molecule has 2 rings (SSSR count). The lowest BCUT2D eigenvalue weighted by Crippen LogP contribution is -2.26. The lowest BCUT2D eigenvalue weighted by Gasteiger charge is -2.15. The first-order valence-corrected chi connectivity index (χ1v) is 7.10. The van der Waals surface area contributed by atoms with E-state index in [1.54, 1.807) is 6.92 Å². The van der Waals surface area contributed by atoms with Gasteiger partial charge in [-0.1, -0.05) is 6.92 Å². The molecule has 0 spiro atoms. The van der Waals surface area contributed by atoms with Gasteiger partial charge in [-0.3, -0.25) is 4.79 Å². The summed E-state index contributed by atoms with van der Waals surface area (Å²) >= 11 is 0. The molecule has 2 unspecified atom stereocenters. The summed E-state index contributed by atoms with van der Waals surface area (Å²) in [4.78, 5) is 11.1. The second-order valence-corrected chi connectivity index (χ2v) is 6.62. The summed E-state index contributed by atoms with van der Waals surface area (Å²) in [5.74, 6) is -2.99. The third-order valence-electron chi connectivity index (χ3n) is 3.36. The summed E-state index contributed by atoms with van der Waals surface area (Å²) < 4.78 is 50.3. The third kappa shape index (κ3) is 2.05. The Kier molecular flexibility index (Phi) is 3.23. The largest absolute Gasteiger partial charge is 0.299 e. The van der Waals surface area contributed by atoms with Crippen LogP contribution in [0.25, 0.3) is 0 Å². The molecule has 18 heavy (non-hydrogen) atoms. The van der Waals surface area contributed by atoms with Crippen molar-refractivity contribution in [2.75, 3.05) is 0 Å². The predicted molar refractivity (Wildman–Crippen MR) is 60.7 cm³/mol. The molecule has 0 saturated heterocycles. The molecule has 98 valence electrons. The van der Waals surface area contributed by atoms with Gasteiger partial charge in [0.25, 0.3) is 0 Å². The summed E-state index contributed by atoms with van der Waals surface area (Å²) in [6, 6.07) is 2.48. The minimum atomic E-state index is -3.79. The van der Waals surface area contributed by atoms with Crippen LogP contribution < -0.4 is 0 Å². The van der Waals surface area contributed by atoms with Gasteiger partial charge >= 0.3 is 0 Å². The van der Waals surface area contributed by atoms with E-state index >= 15 is 0 Å². The first-order chi connectivity index (χ1) is 8.34. The summed E-state index contributed by atoms with van der Waals surface area (Å²) in [6.07, 6.45) is 0.454. The number of hydrogen-bond acceptors (Lipinski definition) is 3. The molecule has 1 aromatic carbocycles. The molecule has 3 nitrogen and oxygen atoms in total. The van der Waals surface area contributed by atoms with Crippen molar-refractivity contribution in [2.45, 2.75) is 29.9 Å². The molecule has 0 amide bonds. The Bertz CT molecular complexity index is 595. The van der Waals surface area contributed by atoms with E-state index in [9.17, 15) is 22.0 Å². The van der Waals surface area contributed by atoms with Crippen molar-refractivity contribution in [3.05, 3.63) is 29.8 Å². The maximum atomic E-state index is 13.1. The molecule has 0 bridgehead atoms. The van der Waals surface area contributed by atoms with E-state index in [4.69, 9.17) is 0 Å². The molecule has 6 heteroatoms. The van der Waals surface area contributed by atoms with Crippen LogP contribution in [0.2, 0.25) is 0 Å². The highest BCUT2D eigenvalue weighted by Gasteiger charge is 2.40. The Balaban J connectivity index is 2.42. The molecule has 0 radical (unpaired) electrons. The molecule has 1 aliphatic carbocycles. The van der Waals surface area contributed by atoms with Crippen molar-refractivity contribution in [3.63, 3.8) is 0 Å². The number of carbonyl (C=O) groups is 1. The Morgan fingerprint density at radius 2 is 1.89 bits per heavy atom. The average molecular weight is 274 g/mol. The summed E-state index contributed by atoms with van der Waals surface area (Å²) in [5, 5.41) is -0.838. The molecule has 1 aromatic rings. The van der Waals surface area contributed by atoms with Gasteiger partial charge in [0.05, 0.1) is 10.1 Å². The van der Waals surface area contributed by atoms with E-state index in [2.05, 4.69) is 0 Å². The minimum absolute atomic E-state index is 0.105. The fourth-order valence-electron chi connectivity index (χ4n) is 2.22. The molecule has 2 atom stereocenters. The predicted octanol–water partition coefficient (Wildman–Crippen LogP) is 2.11. The van der Waals surface area contributed by atoms with Gasteiger partial charge in [0, 0.05) is 12.3 Å². The lowest BCUT2D eigenvalue weighted by atomic mass is 10.1. The van der Waals surface area contributed by atoms with Gasteiger partial charge in [0.1, 0.15) is 5.78 Å². The Morgan fingerprint density at radius 1 is 1.22 bits per heavy atom. The van der Waals surface area contributed by atoms with Crippen LogP contribution in [0.1, 0.15) is 19.8 Å². The number of benzene rings is 1. The van der Waals surface area contributed by atoms with Crippen LogP contribution in [0, 0.1) is 17.6 Å². The lowest BCUT2D eigenvalue weighted by molar-refractivity contribution is -0.120. The first kappa shape index (κ1) is 13.1. The van der Waals surface area contributed by atoms with Gasteiger partial charge in [-0.15, -0.1) is 0 Å². The van der Waals surface area contributed by atoms with Crippen LogP contribution in [-0.4, -0.2) is 19.5 Å². The van der Waals surface area contributed by atoms with Gasteiger partial charge < -0.3 is 0 Å². The molecule has 0 heterocycles. The van der Waals surface area contributed by atoms with E-state index in [1.165, 1.54) is 0 Å². The maximum Gasteiger partial charge on any atom is 0.182 e. The van der Waals surface area contributed by atoms with Gasteiger partial charge in [-0.2, -0.15) is 0 Å². The monoisotopic (exact) mass is 274 g/mol. The SMILES string of the molecule is CC1C(=O)CCC1S(=O)(=O)c1ccc(F)c(F)c1. The average Bonchev–Trinajstić information content (AvgIpc) is 2.64. The number of hydrogen-bond donors (Lipinski definition) is 0. The van der Waals surface area contributed by atoms with Gasteiger partial charge in [-0.25, -0.2) is 17.2 Å². The molecular formula is C12H12F2O3S. The van der Waals surface area contributed by atoms with Gasteiger partial charge in [0.15, 0.2) is 21.5 Å². The number of sulfone groups is 1. The van der Waals surface area contributed by atoms with Crippen molar-refractivity contribution >= 4 is 15.6 Å². The number of ketones is 1. The highest BCUT2D eigenvalue weighted by atomic mass is 32.2. The normalized spacial score (nSPS) is 24.5. The van der Waals surface area contributed by atoms with E-state index in [0.29, 0.717) is 6.07 Å². The molecular weight excluding hydrogens is 262 g/mol. The zero-order valence-electron chi connectivity index (χ0n) is 9.69.